The molecule has 0 N–H and O–H groups in total. The average Bonchev–Trinajstić information content (AvgIpc) is 2.41. The third-order valence-corrected chi connectivity index (χ3v) is 3.50. The fourth-order valence-electron chi connectivity index (χ4n) is 2.44. The molecule has 0 spiro atoms. The van der Waals surface area contributed by atoms with Crippen molar-refractivity contribution in [3.8, 4) is 11.5 Å². The summed E-state index contributed by atoms with van der Waals surface area (Å²) in [6.07, 6.45) is 0. The predicted octanol–water partition coefficient (Wildman–Crippen LogP) is 5.13. The lowest BCUT2D eigenvalue weighted by molar-refractivity contribution is 0.308. The minimum Gasteiger partial charge on any atom is -0.289 e. The molecule has 2 aromatic carbocycles. The molecule has 0 saturated heterocycles. The Hall–Kier alpha value is -2.38. The zero-order valence-corrected chi connectivity index (χ0v) is 11.7. The lowest BCUT2D eigenvalue weighted by atomic mass is 9.76. The molecule has 8 heteroatoms. The van der Waals surface area contributed by atoms with Crippen LogP contribution in [0.5, 0.6) is 11.5 Å². The second kappa shape index (κ2) is 5.36. The highest BCUT2D eigenvalue weighted by Gasteiger charge is 2.39. The van der Waals surface area contributed by atoms with Crippen molar-refractivity contribution in [2.75, 3.05) is 0 Å². The van der Waals surface area contributed by atoms with E-state index in [2.05, 4.69) is 0 Å². The van der Waals surface area contributed by atoms with Crippen molar-refractivity contribution in [3.05, 3.63) is 58.2 Å². The quantitative estimate of drug-likeness (QED) is 0.539. The lowest BCUT2D eigenvalue weighted by Crippen LogP contribution is -2.24. The maximum Gasteiger partial charge on any atom is 0.194 e. The van der Waals surface area contributed by atoms with Gasteiger partial charge in [-0.25, -0.2) is 26.3 Å². The Labute approximate surface area is 126 Å². The smallest absolute Gasteiger partial charge is 0.194 e. The average molecular weight is 334 g/mol. The molecule has 0 fully saturated rings. The molecule has 0 heterocycles. The van der Waals surface area contributed by atoms with Crippen LogP contribution in [0.15, 0.2) is 12.1 Å². The highest BCUT2D eigenvalue weighted by atomic mass is 19.2. The Balaban J connectivity index is 2.85. The van der Waals surface area contributed by atoms with Gasteiger partial charge >= 0.3 is 0 Å². The first-order valence-electron chi connectivity index (χ1n) is 6.20. The number of benzene rings is 2. The molecule has 0 unspecified atom stereocenters. The van der Waals surface area contributed by atoms with E-state index < -0.39 is 62.9 Å². The monoisotopic (exact) mass is 334 g/mol. The number of rotatable bonds is 2. The van der Waals surface area contributed by atoms with E-state index in [4.69, 9.17) is 0 Å². The largest absolute Gasteiger partial charge is 0.289 e. The molecule has 0 aliphatic heterocycles. The first kappa shape index (κ1) is 17.0. The summed E-state index contributed by atoms with van der Waals surface area (Å²) < 4.78 is 80.7. The summed E-state index contributed by atoms with van der Waals surface area (Å²) in [6, 6.07) is 0.246. The van der Waals surface area contributed by atoms with Crippen molar-refractivity contribution in [2.45, 2.75) is 19.3 Å². The second-order valence-electron chi connectivity index (χ2n) is 5.34. The Morgan fingerprint density at radius 1 is 0.652 bits per heavy atom. The van der Waals surface area contributed by atoms with Crippen LogP contribution in [-0.2, 0) is 15.6 Å². The molecular formula is C15H8F6O2. The maximum atomic E-state index is 13.9. The summed E-state index contributed by atoms with van der Waals surface area (Å²) in [6.45, 7) is 1.86. The summed E-state index contributed by atoms with van der Waals surface area (Å²) in [5, 5.41) is 23.5. The summed E-state index contributed by atoms with van der Waals surface area (Å²) >= 11 is 0. The van der Waals surface area contributed by atoms with Gasteiger partial charge in [-0.05, 0) is 0 Å². The summed E-state index contributed by atoms with van der Waals surface area (Å²) in [5.41, 5.74) is -4.32. The zero-order chi connectivity index (χ0) is 17.7. The molecule has 0 aromatic heterocycles. The van der Waals surface area contributed by atoms with Gasteiger partial charge in [-0.2, -0.15) is 0 Å². The van der Waals surface area contributed by atoms with Crippen LogP contribution >= 0.6 is 0 Å². The van der Waals surface area contributed by atoms with E-state index in [0.717, 1.165) is 13.8 Å². The molecule has 0 atom stereocenters. The molecule has 122 valence electrons. The van der Waals surface area contributed by atoms with Gasteiger partial charge in [0.2, 0.25) is 0 Å². The molecular weight excluding hydrogens is 326 g/mol. The minimum atomic E-state index is -2.18. The third-order valence-electron chi connectivity index (χ3n) is 3.50. The predicted molar refractivity (Wildman–Crippen MR) is 65.0 cm³/mol. The Morgan fingerprint density at radius 2 is 0.957 bits per heavy atom. The summed E-state index contributed by atoms with van der Waals surface area (Å²) in [5.74, 6) is -14.1. The second-order valence-corrected chi connectivity index (χ2v) is 5.34. The van der Waals surface area contributed by atoms with Gasteiger partial charge in [0.25, 0.3) is 0 Å². The SMILES string of the molecule is CC(C)(c1c([O])cc(F)c(F)c1F)c1c([O])cc(F)c(F)c1F. The number of hydrogen-bond acceptors (Lipinski definition) is 0. The molecule has 23 heavy (non-hydrogen) atoms. The molecule has 2 aromatic rings. The zero-order valence-electron chi connectivity index (χ0n) is 11.7. The van der Waals surface area contributed by atoms with Gasteiger partial charge in [0.15, 0.2) is 46.4 Å². The van der Waals surface area contributed by atoms with E-state index in [1.807, 2.05) is 0 Å². The van der Waals surface area contributed by atoms with Crippen molar-refractivity contribution in [1.82, 2.24) is 0 Å². The van der Waals surface area contributed by atoms with Crippen LogP contribution in [0.2, 0.25) is 0 Å². The van der Waals surface area contributed by atoms with Crippen molar-refractivity contribution in [1.29, 1.82) is 0 Å². The van der Waals surface area contributed by atoms with Gasteiger partial charge in [-0.1, -0.05) is 13.8 Å². The third kappa shape index (κ3) is 2.47. The van der Waals surface area contributed by atoms with Crippen molar-refractivity contribution >= 4 is 0 Å². The number of halogens is 6. The van der Waals surface area contributed by atoms with Crippen LogP contribution in [0.1, 0.15) is 25.0 Å². The molecule has 0 saturated carbocycles. The van der Waals surface area contributed by atoms with E-state index in [-0.39, 0.29) is 12.1 Å². The van der Waals surface area contributed by atoms with Crippen LogP contribution in [-0.4, -0.2) is 0 Å². The molecule has 2 radical (unpaired) electrons. The van der Waals surface area contributed by atoms with Crippen molar-refractivity contribution in [2.24, 2.45) is 0 Å². The summed E-state index contributed by atoms with van der Waals surface area (Å²) in [4.78, 5) is 0. The van der Waals surface area contributed by atoms with E-state index in [9.17, 15) is 36.6 Å². The van der Waals surface area contributed by atoms with Crippen LogP contribution in [0.25, 0.3) is 0 Å². The van der Waals surface area contributed by atoms with Crippen LogP contribution in [0.3, 0.4) is 0 Å². The van der Waals surface area contributed by atoms with E-state index in [1.54, 1.807) is 0 Å². The number of hydrogen-bond donors (Lipinski definition) is 0. The first-order chi connectivity index (χ1) is 10.5. The van der Waals surface area contributed by atoms with Crippen LogP contribution < -0.4 is 0 Å². The van der Waals surface area contributed by atoms with Gasteiger partial charge in [-0.3, -0.25) is 10.2 Å². The minimum absolute atomic E-state index is 0.123. The van der Waals surface area contributed by atoms with Gasteiger partial charge in [0.05, 0.1) is 0 Å². The molecule has 0 amide bonds. The van der Waals surface area contributed by atoms with Crippen molar-refractivity contribution < 1.29 is 36.6 Å². The highest BCUT2D eigenvalue weighted by Crippen LogP contribution is 2.45. The normalized spacial score (nSPS) is 11.8. The van der Waals surface area contributed by atoms with Crippen LogP contribution in [0, 0.1) is 34.9 Å². The topological polar surface area (TPSA) is 39.8 Å². The molecule has 0 aliphatic rings. The van der Waals surface area contributed by atoms with E-state index >= 15 is 0 Å². The summed E-state index contributed by atoms with van der Waals surface area (Å²) in [7, 11) is 0. The maximum absolute atomic E-state index is 13.9. The Morgan fingerprint density at radius 3 is 1.26 bits per heavy atom. The van der Waals surface area contributed by atoms with Gasteiger partial charge in [0, 0.05) is 28.7 Å². The molecule has 0 aliphatic carbocycles. The van der Waals surface area contributed by atoms with Crippen molar-refractivity contribution in [3.63, 3.8) is 0 Å². The lowest BCUT2D eigenvalue weighted by Gasteiger charge is -2.27. The fraction of sp³-hybridized carbons (Fsp3) is 0.200. The van der Waals surface area contributed by atoms with E-state index in [1.165, 1.54) is 0 Å². The van der Waals surface area contributed by atoms with E-state index in [0.29, 0.717) is 0 Å². The van der Waals surface area contributed by atoms with Crippen LogP contribution in [0.4, 0.5) is 26.3 Å². The molecule has 2 nitrogen and oxygen atoms in total. The highest BCUT2D eigenvalue weighted by molar-refractivity contribution is 5.51. The van der Waals surface area contributed by atoms with Gasteiger partial charge in [-0.15, -0.1) is 0 Å². The molecule has 0 bridgehead atoms. The fourth-order valence-corrected chi connectivity index (χ4v) is 2.44. The Kier molecular flexibility index (Phi) is 3.96. The van der Waals surface area contributed by atoms with Gasteiger partial charge in [0.1, 0.15) is 0 Å². The first-order valence-corrected chi connectivity index (χ1v) is 6.20. The van der Waals surface area contributed by atoms with Gasteiger partial charge < -0.3 is 0 Å². The Bertz CT molecular complexity index is 736. The standard InChI is InChI=1S/C15H8F6O2/c1-15(2,9-7(22)3-5(16)11(18)13(9)20)10-8(23)4-6(17)12(19)14(10)21/h3-4H,1-2H3. The molecule has 2 rings (SSSR count).